The number of aryl methyl sites for hydroxylation is 1. The van der Waals surface area contributed by atoms with Gasteiger partial charge in [-0.2, -0.15) is 0 Å². The monoisotopic (exact) mass is 357 g/mol. The summed E-state index contributed by atoms with van der Waals surface area (Å²) in [6.45, 7) is 6.31. The number of nitrogens with two attached hydrogens (primary N) is 1. The quantitative estimate of drug-likeness (QED) is 0.856. The van der Waals surface area contributed by atoms with E-state index in [4.69, 9.17) is 10.2 Å². The molecule has 2 aromatic rings. The number of nitrogens with zero attached hydrogens (tertiary/aromatic N) is 1. The summed E-state index contributed by atoms with van der Waals surface area (Å²) in [7, 11) is 0. The Kier molecular flexibility index (Phi) is 5.32. The summed E-state index contributed by atoms with van der Waals surface area (Å²) in [5.41, 5.74) is 8.86. The van der Waals surface area contributed by atoms with Gasteiger partial charge in [0.1, 0.15) is 11.6 Å². The Morgan fingerprint density at radius 2 is 2.15 bits per heavy atom. The first-order chi connectivity index (χ1) is 12.4. The summed E-state index contributed by atoms with van der Waals surface area (Å²) in [6, 6.07) is 5.40. The Hall–Kier alpha value is -2.34. The van der Waals surface area contributed by atoms with E-state index >= 15 is 0 Å². The number of fused-ring (bicyclic) bond motifs is 1. The predicted octanol–water partition coefficient (Wildman–Crippen LogP) is 1.99. The van der Waals surface area contributed by atoms with Crippen molar-refractivity contribution in [3.63, 3.8) is 0 Å². The summed E-state index contributed by atoms with van der Waals surface area (Å²) in [5, 5.41) is 3.85. The van der Waals surface area contributed by atoms with Crippen LogP contribution in [0.15, 0.2) is 28.9 Å². The fraction of sp³-hybridized carbons (Fsp3) is 0.500. The number of likely N-dealkylation sites (tertiary alicyclic amines) is 1. The molecule has 1 aliphatic heterocycles. The molecule has 0 spiro atoms. The van der Waals surface area contributed by atoms with E-state index < -0.39 is 6.04 Å². The minimum Gasteiger partial charge on any atom is -0.464 e. The van der Waals surface area contributed by atoms with Crippen LogP contribution < -0.4 is 11.1 Å². The zero-order chi connectivity index (χ0) is 18.8. The molecule has 3 N–H and O–H groups in total. The lowest BCUT2D eigenvalue weighted by Gasteiger charge is -2.24. The molecular formula is C20H27N3O3. The minimum absolute atomic E-state index is 0.0292. The molecule has 0 aliphatic carbocycles. The Balaban J connectivity index is 1.79. The van der Waals surface area contributed by atoms with Gasteiger partial charge >= 0.3 is 0 Å². The predicted molar refractivity (Wildman–Crippen MR) is 101 cm³/mol. The molecule has 0 unspecified atom stereocenters. The van der Waals surface area contributed by atoms with Gasteiger partial charge in [0.05, 0.1) is 12.7 Å². The van der Waals surface area contributed by atoms with Crippen LogP contribution in [0.2, 0.25) is 0 Å². The Labute approximate surface area is 153 Å². The summed E-state index contributed by atoms with van der Waals surface area (Å²) in [4.78, 5) is 27.0. The molecule has 2 atom stereocenters. The number of benzene rings is 1. The molecule has 140 valence electrons. The second-order valence-corrected chi connectivity index (χ2v) is 7.34. The highest BCUT2D eigenvalue weighted by atomic mass is 16.3. The maximum Gasteiger partial charge on any atom is 0.243 e. The standard InChI is InChI=1S/C20H27N3O3/c1-4-13-5-6-18-16(7-13)14(11-26-18)8-19(24)23-10-15(21)9-17(23)20(25)22-12(2)3/h5-7,11-12,15,17H,4,8-10,21H2,1-3H3,(H,22,25)/t15-,17-/m0/s1. The van der Waals surface area contributed by atoms with E-state index in [0.717, 1.165) is 23.0 Å². The highest BCUT2D eigenvalue weighted by molar-refractivity contribution is 5.92. The molecule has 1 fully saturated rings. The van der Waals surface area contributed by atoms with Gasteiger partial charge in [-0.15, -0.1) is 0 Å². The van der Waals surface area contributed by atoms with E-state index in [1.807, 2.05) is 26.0 Å². The molecule has 0 radical (unpaired) electrons. The fourth-order valence-corrected chi connectivity index (χ4v) is 3.52. The van der Waals surface area contributed by atoms with Crippen molar-refractivity contribution in [2.24, 2.45) is 5.73 Å². The number of nitrogens with one attached hydrogen (secondary N) is 1. The summed E-state index contributed by atoms with van der Waals surface area (Å²) < 4.78 is 5.59. The van der Waals surface area contributed by atoms with Crippen LogP contribution in [0, 0.1) is 0 Å². The smallest absolute Gasteiger partial charge is 0.243 e. The number of furan rings is 1. The van der Waals surface area contributed by atoms with Gasteiger partial charge in [-0.25, -0.2) is 0 Å². The van der Waals surface area contributed by atoms with E-state index in [2.05, 4.69) is 18.3 Å². The van der Waals surface area contributed by atoms with Crippen LogP contribution >= 0.6 is 0 Å². The molecule has 6 nitrogen and oxygen atoms in total. The molecule has 2 amide bonds. The lowest BCUT2D eigenvalue weighted by atomic mass is 10.1. The number of amides is 2. The number of rotatable bonds is 5. The second kappa shape index (κ2) is 7.50. The third kappa shape index (κ3) is 3.75. The molecule has 6 heteroatoms. The summed E-state index contributed by atoms with van der Waals surface area (Å²) in [6.07, 6.45) is 3.27. The molecule has 3 rings (SSSR count). The molecule has 1 aromatic carbocycles. The van der Waals surface area contributed by atoms with E-state index in [1.165, 1.54) is 5.56 Å². The first-order valence-electron chi connectivity index (χ1n) is 9.23. The van der Waals surface area contributed by atoms with Crippen molar-refractivity contribution in [1.82, 2.24) is 10.2 Å². The zero-order valence-corrected chi connectivity index (χ0v) is 15.6. The molecule has 26 heavy (non-hydrogen) atoms. The molecule has 2 heterocycles. The Bertz CT molecular complexity index is 812. The lowest BCUT2D eigenvalue weighted by Crippen LogP contribution is -2.48. The Morgan fingerprint density at radius 1 is 1.38 bits per heavy atom. The van der Waals surface area contributed by atoms with Crippen molar-refractivity contribution in [3.8, 4) is 0 Å². The van der Waals surface area contributed by atoms with E-state index in [1.54, 1.807) is 11.2 Å². The SMILES string of the molecule is CCc1ccc2occ(CC(=O)N3C[C@@H](N)C[C@H]3C(=O)NC(C)C)c2c1. The van der Waals surface area contributed by atoms with Crippen molar-refractivity contribution in [1.29, 1.82) is 0 Å². The van der Waals surface area contributed by atoms with E-state index in [0.29, 0.717) is 13.0 Å². The third-order valence-corrected chi connectivity index (χ3v) is 4.86. The van der Waals surface area contributed by atoms with E-state index in [-0.39, 0.29) is 30.3 Å². The van der Waals surface area contributed by atoms with Gasteiger partial charge in [0, 0.05) is 29.6 Å². The van der Waals surface area contributed by atoms with Gasteiger partial charge in [-0.05, 0) is 44.4 Å². The van der Waals surface area contributed by atoms with Crippen LogP contribution in [0.3, 0.4) is 0 Å². The average Bonchev–Trinajstić information content (AvgIpc) is 3.17. The molecule has 1 saturated heterocycles. The highest BCUT2D eigenvalue weighted by Crippen LogP contribution is 2.25. The van der Waals surface area contributed by atoms with Gasteiger partial charge in [0.15, 0.2) is 0 Å². The number of carbonyl (C=O) groups is 2. The van der Waals surface area contributed by atoms with Gasteiger partial charge in [-0.3, -0.25) is 9.59 Å². The summed E-state index contributed by atoms with van der Waals surface area (Å²) in [5.74, 6) is -0.224. The van der Waals surface area contributed by atoms with E-state index in [9.17, 15) is 9.59 Å². The topological polar surface area (TPSA) is 88.6 Å². The molecule has 0 saturated carbocycles. The molecule has 0 bridgehead atoms. The van der Waals surface area contributed by atoms with Crippen molar-refractivity contribution >= 4 is 22.8 Å². The fourth-order valence-electron chi connectivity index (χ4n) is 3.52. The van der Waals surface area contributed by atoms with Crippen molar-refractivity contribution in [2.75, 3.05) is 6.54 Å². The van der Waals surface area contributed by atoms with Crippen molar-refractivity contribution < 1.29 is 14.0 Å². The average molecular weight is 357 g/mol. The second-order valence-electron chi connectivity index (χ2n) is 7.34. The van der Waals surface area contributed by atoms with Crippen LogP contribution in [0.25, 0.3) is 11.0 Å². The third-order valence-electron chi connectivity index (χ3n) is 4.86. The number of carbonyl (C=O) groups excluding carboxylic acids is 2. The van der Waals surface area contributed by atoms with Crippen LogP contribution in [0.1, 0.15) is 38.3 Å². The first-order valence-corrected chi connectivity index (χ1v) is 9.23. The molecule has 1 aliphatic rings. The normalized spacial score (nSPS) is 20.1. The van der Waals surface area contributed by atoms with Crippen LogP contribution in [0.5, 0.6) is 0 Å². The largest absolute Gasteiger partial charge is 0.464 e. The van der Waals surface area contributed by atoms with Gasteiger partial charge < -0.3 is 20.4 Å². The van der Waals surface area contributed by atoms with Crippen LogP contribution in [-0.4, -0.2) is 41.4 Å². The summed E-state index contributed by atoms with van der Waals surface area (Å²) >= 11 is 0. The molecule has 1 aromatic heterocycles. The van der Waals surface area contributed by atoms with Crippen molar-refractivity contribution in [3.05, 3.63) is 35.6 Å². The highest BCUT2D eigenvalue weighted by Gasteiger charge is 2.38. The minimum atomic E-state index is -0.496. The lowest BCUT2D eigenvalue weighted by molar-refractivity contribution is -0.138. The maximum atomic E-state index is 12.9. The van der Waals surface area contributed by atoms with Crippen LogP contribution in [0.4, 0.5) is 0 Å². The number of hydrogen-bond donors (Lipinski definition) is 2. The van der Waals surface area contributed by atoms with Gasteiger partial charge in [0.25, 0.3) is 0 Å². The van der Waals surface area contributed by atoms with Gasteiger partial charge in [-0.1, -0.05) is 13.0 Å². The Morgan fingerprint density at radius 3 is 2.85 bits per heavy atom. The van der Waals surface area contributed by atoms with Crippen LogP contribution in [-0.2, 0) is 22.4 Å². The number of hydrogen-bond acceptors (Lipinski definition) is 4. The maximum absolute atomic E-state index is 12.9. The van der Waals surface area contributed by atoms with Gasteiger partial charge in [0.2, 0.25) is 11.8 Å². The first kappa shape index (κ1) is 18.5. The van der Waals surface area contributed by atoms with Crippen molar-refractivity contribution in [2.45, 2.75) is 58.2 Å². The zero-order valence-electron chi connectivity index (χ0n) is 15.6. The molecular weight excluding hydrogens is 330 g/mol.